The van der Waals surface area contributed by atoms with E-state index in [1.807, 2.05) is 0 Å². The highest BCUT2D eigenvalue weighted by Crippen LogP contribution is 2.34. The molecule has 0 saturated carbocycles. The Labute approximate surface area is 219 Å². The van der Waals surface area contributed by atoms with Gasteiger partial charge in [0, 0.05) is 32.3 Å². The number of carbonyl (C=O) groups is 2. The fourth-order valence-corrected chi connectivity index (χ4v) is 4.21. The van der Waals surface area contributed by atoms with E-state index in [1.54, 1.807) is 19.1 Å². The van der Waals surface area contributed by atoms with Gasteiger partial charge in [0.15, 0.2) is 17.3 Å². The molecule has 12 nitrogen and oxygen atoms in total. The van der Waals surface area contributed by atoms with Crippen LogP contribution in [0.3, 0.4) is 0 Å². The van der Waals surface area contributed by atoms with Crippen LogP contribution in [0.4, 0.5) is 11.8 Å². The summed E-state index contributed by atoms with van der Waals surface area (Å²) in [6.07, 6.45) is 2.47. The molecular formula is C26H32N6O6. The number of morpholine rings is 1. The second-order valence-electron chi connectivity index (χ2n) is 8.79. The molecular weight excluding hydrogens is 492 g/mol. The van der Waals surface area contributed by atoms with Gasteiger partial charge in [-0.15, -0.1) is 0 Å². The molecule has 1 aromatic carbocycles. The second kappa shape index (κ2) is 12.5. The van der Waals surface area contributed by atoms with Gasteiger partial charge in [0.05, 0.1) is 31.3 Å². The van der Waals surface area contributed by atoms with Gasteiger partial charge in [0.2, 0.25) is 5.95 Å². The van der Waals surface area contributed by atoms with Crippen molar-refractivity contribution in [3.05, 3.63) is 46.4 Å². The van der Waals surface area contributed by atoms with E-state index in [2.05, 4.69) is 20.2 Å². The molecule has 1 amide bonds. The minimum atomic E-state index is -0.500. The third-order valence-corrected chi connectivity index (χ3v) is 6.26. The number of methoxy groups -OCH3 is 1. The Bertz CT molecular complexity index is 1350. The number of amides is 1. The number of carbonyl (C=O) groups excluding carboxylic acids is 2. The monoisotopic (exact) mass is 524 g/mol. The lowest BCUT2D eigenvalue weighted by molar-refractivity contribution is -0.121. The Balaban J connectivity index is 1.51. The number of Topliss-reactive ketones (excluding diaryl/α,β-unsaturated/α-hetero) is 1. The number of nitrogens with zero attached hydrogens (tertiary/aromatic N) is 4. The first-order valence-corrected chi connectivity index (χ1v) is 12.5. The molecule has 38 heavy (non-hydrogen) atoms. The normalized spacial score (nSPS) is 13.8. The first kappa shape index (κ1) is 27.0. The van der Waals surface area contributed by atoms with Crippen LogP contribution in [0.5, 0.6) is 11.5 Å². The molecule has 0 aliphatic carbocycles. The van der Waals surface area contributed by atoms with E-state index < -0.39 is 5.91 Å². The van der Waals surface area contributed by atoms with E-state index in [9.17, 15) is 14.4 Å². The number of ketones is 1. The zero-order valence-corrected chi connectivity index (χ0v) is 21.6. The fourth-order valence-electron chi connectivity index (χ4n) is 4.21. The molecule has 3 N–H and O–H groups in total. The minimum Gasteiger partial charge on any atom is -0.491 e. The summed E-state index contributed by atoms with van der Waals surface area (Å²) in [7, 11) is 1.43. The van der Waals surface area contributed by atoms with Crippen molar-refractivity contribution in [2.24, 2.45) is 0 Å². The van der Waals surface area contributed by atoms with Gasteiger partial charge >= 0.3 is 0 Å². The van der Waals surface area contributed by atoms with Crippen LogP contribution in [0.1, 0.15) is 30.1 Å². The minimum absolute atomic E-state index is 0.0418. The Morgan fingerprint density at radius 2 is 1.97 bits per heavy atom. The maximum atomic E-state index is 13.2. The highest BCUT2D eigenvalue weighted by molar-refractivity contribution is 6.03. The van der Waals surface area contributed by atoms with Crippen molar-refractivity contribution in [1.29, 1.82) is 0 Å². The maximum absolute atomic E-state index is 13.2. The molecule has 3 aromatic rings. The van der Waals surface area contributed by atoms with E-state index in [0.29, 0.717) is 11.8 Å². The molecule has 1 aliphatic heterocycles. The average molecular weight is 525 g/mol. The molecule has 12 heteroatoms. The number of nitrogen functional groups attached to an aromatic ring is 1. The predicted octanol–water partition coefficient (Wildman–Crippen LogP) is 1.71. The van der Waals surface area contributed by atoms with Crippen molar-refractivity contribution >= 4 is 34.4 Å². The SMILES string of the molecule is CCn1c(NC(=O)c2ccc(N)nc2)nc2c(OC)c(OCC(=O)CCCN3CCOCC3)ccc2c1=O. The molecule has 0 spiro atoms. The molecule has 0 bridgehead atoms. The second-order valence-corrected chi connectivity index (χ2v) is 8.79. The van der Waals surface area contributed by atoms with Crippen LogP contribution in [0.25, 0.3) is 10.9 Å². The van der Waals surface area contributed by atoms with Gasteiger partial charge < -0.3 is 19.9 Å². The Kier molecular flexibility index (Phi) is 8.87. The van der Waals surface area contributed by atoms with Crippen LogP contribution < -0.4 is 26.1 Å². The van der Waals surface area contributed by atoms with Gasteiger partial charge in [-0.25, -0.2) is 9.97 Å². The first-order valence-electron chi connectivity index (χ1n) is 12.5. The standard InChI is InChI=1S/C26H32N6O6/c1-3-32-25(35)19-7-8-20(38-16-18(33)5-4-10-31-11-13-37-14-12-31)23(36-2)22(19)29-26(32)30-24(34)17-6-9-21(27)28-15-17/h6-9,15H,3-5,10-14,16H2,1-2H3,(H2,27,28)(H,29,30,34). The molecule has 3 heterocycles. The van der Waals surface area contributed by atoms with Gasteiger partial charge in [-0.2, -0.15) is 0 Å². The highest BCUT2D eigenvalue weighted by atomic mass is 16.5. The Morgan fingerprint density at radius 1 is 1.18 bits per heavy atom. The molecule has 0 unspecified atom stereocenters. The predicted molar refractivity (Wildman–Crippen MR) is 142 cm³/mol. The smallest absolute Gasteiger partial charge is 0.262 e. The summed E-state index contributed by atoms with van der Waals surface area (Å²) >= 11 is 0. The highest BCUT2D eigenvalue weighted by Gasteiger charge is 2.20. The molecule has 0 radical (unpaired) electrons. The third kappa shape index (κ3) is 6.26. The Hall–Kier alpha value is -4.03. The van der Waals surface area contributed by atoms with Gasteiger partial charge in [-0.05, 0) is 44.2 Å². The van der Waals surface area contributed by atoms with Crippen LogP contribution in [0.2, 0.25) is 0 Å². The maximum Gasteiger partial charge on any atom is 0.262 e. The summed E-state index contributed by atoms with van der Waals surface area (Å²) in [5.74, 6) is 0.265. The molecule has 2 aromatic heterocycles. The van der Waals surface area contributed by atoms with Crippen LogP contribution in [-0.2, 0) is 16.1 Å². The number of aromatic nitrogens is 3. The number of pyridine rings is 1. The van der Waals surface area contributed by atoms with E-state index >= 15 is 0 Å². The lowest BCUT2D eigenvalue weighted by Crippen LogP contribution is -2.37. The van der Waals surface area contributed by atoms with Crippen LogP contribution >= 0.6 is 0 Å². The zero-order chi connectivity index (χ0) is 27.1. The Morgan fingerprint density at radius 3 is 2.66 bits per heavy atom. The number of fused-ring (bicyclic) bond motifs is 1. The van der Waals surface area contributed by atoms with Gasteiger partial charge in [0.1, 0.15) is 17.9 Å². The quantitative estimate of drug-likeness (QED) is 0.379. The van der Waals surface area contributed by atoms with Gasteiger partial charge in [-0.3, -0.25) is 29.2 Å². The number of nitrogens with two attached hydrogens (primary N) is 1. The molecule has 202 valence electrons. The van der Waals surface area contributed by atoms with Crippen molar-refractivity contribution in [3.63, 3.8) is 0 Å². The van der Waals surface area contributed by atoms with Crippen molar-refractivity contribution in [3.8, 4) is 11.5 Å². The summed E-state index contributed by atoms with van der Waals surface area (Å²) in [6.45, 7) is 5.95. The number of hydrogen-bond acceptors (Lipinski definition) is 10. The van der Waals surface area contributed by atoms with E-state index in [0.717, 1.165) is 39.3 Å². The summed E-state index contributed by atoms with van der Waals surface area (Å²) in [4.78, 5) is 49.2. The van der Waals surface area contributed by atoms with Crippen molar-refractivity contribution in [2.45, 2.75) is 26.3 Å². The largest absolute Gasteiger partial charge is 0.491 e. The van der Waals surface area contributed by atoms with E-state index in [1.165, 1.54) is 30.0 Å². The number of ether oxygens (including phenoxy) is 3. The average Bonchev–Trinajstić information content (AvgIpc) is 2.92. The van der Waals surface area contributed by atoms with Crippen molar-refractivity contribution in [2.75, 3.05) is 57.6 Å². The van der Waals surface area contributed by atoms with Crippen LogP contribution in [0, 0.1) is 0 Å². The number of anilines is 2. The number of benzene rings is 1. The number of hydrogen-bond donors (Lipinski definition) is 2. The summed E-state index contributed by atoms with van der Waals surface area (Å²) in [5, 5.41) is 2.96. The zero-order valence-electron chi connectivity index (χ0n) is 21.6. The summed E-state index contributed by atoms with van der Waals surface area (Å²) in [5.41, 5.74) is 5.71. The van der Waals surface area contributed by atoms with Crippen molar-refractivity contribution in [1.82, 2.24) is 19.4 Å². The van der Waals surface area contributed by atoms with E-state index in [4.69, 9.17) is 19.9 Å². The van der Waals surface area contributed by atoms with Gasteiger partial charge in [0.25, 0.3) is 11.5 Å². The molecule has 0 atom stereocenters. The van der Waals surface area contributed by atoms with Gasteiger partial charge in [-0.1, -0.05) is 0 Å². The fraction of sp³-hybridized carbons (Fsp3) is 0.423. The topological polar surface area (TPSA) is 151 Å². The summed E-state index contributed by atoms with van der Waals surface area (Å²) < 4.78 is 18.0. The number of rotatable bonds is 11. The van der Waals surface area contributed by atoms with Crippen molar-refractivity contribution < 1.29 is 23.8 Å². The summed E-state index contributed by atoms with van der Waals surface area (Å²) in [6, 6.07) is 6.19. The number of nitrogens with one attached hydrogen (secondary N) is 1. The lowest BCUT2D eigenvalue weighted by Gasteiger charge is -2.26. The molecule has 1 saturated heterocycles. The van der Waals surface area contributed by atoms with Crippen LogP contribution in [0.15, 0.2) is 35.3 Å². The molecule has 1 aliphatic rings. The third-order valence-electron chi connectivity index (χ3n) is 6.26. The first-order chi connectivity index (χ1) is 18.4. The molecule has 1 fully saturated rings. The van der Waals surface area contributed by atoms with E-state index in [-0.39, 0.29) is 58.8 Å². The molecule has 4 rings (SSSR count). The lowest BCUT2D eigenvalue weighted by atomic mass is 10.2. The van der Waals surface area contributed by atoms with Crippen LogP contribution in [-0.4, -0.2) is 77.7 Å².